The van der Waals surface area contributed by atoms with Crippen molar-refractivity contribution in [1.82, 2.24) is 0 Å². The molecule has 7 heteroatoms. The van der Waals surface area contributed by atoms with Gasteiger partial charge in [0.25, 0.3) is 0 Å². The lowest BCUT2D eigenvalue weighted by Crippen LogP contribution is -2.25. The highest BCUT2D eigenvalue weighted by molar-refractivity contribution is 5.95. The number of nitriles is 1. The van der Waals surface area contributed by atoms with Crippen molar-refractivity contribution in [3.63, 3.8) is 0 Å². The summed E-state index contributed by atoms with van der Waals surface area (Å²) in [6, 6.07) is 5.65. The van der Waals surface area contributed by atoms with E-state index in [-0.39, 0.29) is 30.4 Å². The molecule has 0 spiro atoms. The maximum atomic E-state index is 13.3. The molecule has 0 saturated carbocycles. The Morgan fingerprint density at radius 1 is 1.58 bits per heavy atom. The van der Waals surface area contributed by atoms with Crippen LogP contribution in [0.25, 0.3) is 10.4 Å². The maximum absolute atomic E-state index is 13.3. The Hall–Kier alpha value is -2.58. The summed E-state index contributed by atoms with van der Waals surface area (Å²) in [6.45, 7) is 0.603. The van der Waals surface area contributed by atoms with Gasteiger partial charge in [0.2, 0.25) is 5.91 Å². The summed E-state index contributed by atoms with van der Waals surface area (Å²) < 4.78 is 13.3. The minimum Gasteiger partial charge on any atom is -0.312 e. The largest absolute Gasteiger partial charge is 0.312 e. The predicted octanol–water partition coefficient (Wildman–Crippen LogP) is 2.36. The van der Waals surface area contributed by atoms with Crippen molar-refractivity contribution >= 4 is 11.6 Å². The fraction of sp³-hybridized carbons (Fsp3) is 0.333. The highest BCUT2D eigenvalue weighted by atomic mass is 19.1. The van der Waals surface area contributed by atoms with Crippen LogP contribution in [0.5, 0.6) is 0 Å². The number of hydrogen-bond acceptors (Lipinski definition) is 3. The maximum Gasteiger partial charge on any atom is 0.227 e. The zero-order valence-electron chi connectivity index (χ0n) is 9.95. The molecule has 6 nitrogen and oxygen atoms in total. The Kier molecular flexibility index (Phi) is 3.64. The number of carbonyl (C=O) groups is 1. The number of benzene rings is 1. The third-order valence-corrected chi connectivity index (χ3v) is 2.93. The van der Waals surface area contributed by atoms with Gasteiger partial charge in [-0.1, -0.05) is 5.11 Å². The van der Waals surface area contributed by atoms with E-state index >= 15 is 0 Å². The molecular formula is C12H10FN5O. The summed E-state index contributed by atoms with van der Waals surface area (Å²) in [6.07, 6.45) is 0.261. The van der Waals surface area contributed by atoms with E-state index in [4.69, 9.17) is 10.8 Å². The number of rotatable bonds is 3. The van der Waals surface area contributed by atoms with Crippen LogP contribution in [-0.4, -0.2) is 19.0 Å². The van der Waals surface area contributed by atoms with E-state index in [1.807, 2.05) is 6.07 Å². The summed E-state index contributed by atoms with van der Waals surface area (Å²) >= 11 is 0. The van der Waals surface area contributed by atoms with E-state index in [0.717, 1.165) is 6.07 Å². The highest BCUT2D eigenvalue weighted by Crippen LogP contribution is 2.26. The molecular weight excluding hydrogens is 249 g/mol. The van der Waals surface area contributed by atoms with Gasteiger partial charge in [0.1, 0.15) is 5.82 Å². The molecule has 96 valence electrons. The molecule has 1 aliphatic rings. The molecule has 2 rings (SSSR count). The summed E-state index contributed by atoms with van der Waals surface area (Å²) in [5.74, 6) is -0.787. The van der Waals surface area contributed by atoms with E-state index < -0.39 is 5.82 Å². The highest BCUT2D eigenvalue weighted by Gasteiger charge is 2.30. The first-order valence-corrected chi connectivity index (χ1v) is 5.66. The van der Waals surface area contributed by atoms with Crippen LogP contribution in [0.1, 0.15) is 12.0 Å². The number of hydrogen-bond donors (Lipinski definition) is 0. The fourth-order valence-corrected chi connectivity index (χ4v) is 2.10. The van der Waals surface area contributed by atoms with E-state index in [1.54, 1.807) is 0 Å². The summed E-state index contributed by atoms with van der Waals surface area (Å²) in [5.41, 5.74) is 8.79. The number of azide groups is 1. The Balaban J connectivity index is 2.23. The van der Waals surface area contributed by atoms with Crippen LogP contribution in [0.15, 0.2) is 23.3 Å². The molecule has 19 heavy (non-hydrogen) atoms. The van der Waals surface area contributed by atoms with E-state index in [9.17, 15) is 9.18 Å². The van der Waals surface area contributed by atoms with Crippen LogP contribution in [-0.2, 0) is 4.79 Å². The quantitative estimate of drug-likeness (QED) is 0.473. The molecule has 1 unspecified atom stereocenters. The third-order valence-electron chi connectivity index (χ3n) is 2.93. The number of amides is 1. The Morgan fingerprint density at radius 2 is 2.37 bits per heavy atom. The molecule has 1 atom stereocenters. The first-order chi connectivity index (χ1) is 9.13. The van der Waals surface area contributed by atoms with Crippen LogP contribution in [0, 0.1) is 23.1 Å². The minimum atomic E-state index is -0.555. The molecule has 1 saturated heterocycles. The molecule has 1 aliphatic heterocycles. The molecule has 0 N–H and O–H groups in total. The average molecular weight is 259 g/mol. The molecule has 0 aromatic heterocycles. The zero-order valence-corrected chi connectivity index (χ0v) is 9.95. The van der Waals surface area contributed by atoms with Gasteiger partial charge in [0.15, 0.2) is 0 Å². The van der Waals surface area contributed by atoms with E-state index in [2.05, 4.69) is 10.0 Å². The van der Waals surface area contributed by atoms with Crippen LogP contribution in [0.2, 0.25) is 0 Å². The Bertz CT molecular complexity index is 603. The zero-order chi connectivity index (χ0) is 13.8. The van der Waals surface area contributed by atoms with Crippen molar-refractivity contribution in [2.75, 3.05) is 18.0 Å². The van der Waals surface area contributed by atoms with Crippen molar-refractivity contribution < 1.29 is 9.18 Å². The number of nitrogens with zero attached hydrogens (tertiary/aromatic N) is 5. The van der Waals surface area contributed by atoms with Gasteiger partial charge in [-0.05, 0) is 29.6 Å². The monoisotopic (exact) mass is 259 g/mol. The standard InChI is InChI=1S/C12H10FN5O/c13-10-1-8(5-14)2-11(4-10)18-7-9(3-12(18)19)6-16-17-15/h1-2,4,9H,3,6-7H2. The van der Waals surface area contributed by atoms with E-state index in [1.165, 1.54) is 17.0 Å². The van der Waals surface area contributed by atoms with Gasteiger partial charge in [-0.15, -0.1) is 0 Å². The van der Waals surface area contributed by atoms with Crippen LogP contribution < -0.4 is 4.90 Å². The molecule has 1 amide bonds. The molecule has 1 aromatic rings. The van der Waals surface area contributed by atoms with Crippen molar-refractivity contribution in [3.05, 3.63) is 40.0 Å². The van der Waals surface area contributed by atoms with Crippen molar-refractivity contribution in [3.8, 4) is 6.07 Å². The van der Waals surface area contributed by atoms with Crippen molar-refractivity contribution in [1.29, 1.82) is 5.26 Å². The molecule has 0 bridgehead atoms. The Labute approximate surface area is 108 Å². The second kappa shape index (κ2) is 5.38. The smallest absolute Gasteiger partial charge is 0.227 e. The van der Waals surface area contributed by atoms with Crippen molar-refractivity contribution in [2.45, 2.75) is 6.42 Å². The van der Waals surface area contributed by atoms with Gasteiger partial charge >= 0.3 is 0 Å². The Morgan fingerprint density at radius 3 is 3.05 bits per heavy atom. The van der Waals surface area contributed by atoms with Gasteiger partial charge < -0.3 is 4.90 Å². The van der Waals surface area contributed by atoms with Gasteiger partial charge in [-0.2, -0.15) is 5.26 Å². The van der Waals surface area contributed by atoms with Crippen LogP contribution >= 0.6 is 0 Å². The van der Waals surface area contributed by atoms with Crippen LogP contribution in [0.3, 0.4) is 0 Å². The fourth-order valence-electron chi connectivity index (χ4n) is 2.10. The lowest BCUT2D eigenvalue weighted by molar-refractivity contribution is -0.117. The first kappa shape index (κ1) is 12.9. The number of anilines is 1. The third kappa shape index (κ3) is 2.81. The lowest BCUT2D eigenvalue weighted by atomic mass is 10.1. The predicted molar refractivity (Wildman–Crippen MR) is 65.6 cm³/mol. The molecule has 0 radical (unpaired) electrons. The summed E-state index contributed by atoms with van der Waals surface area (Å²) in [5, 5.41) is 12.2. The normalized spacial score (nSPS) is 18.0. The molecule has 1 fully saturated rings. The minimum absolute atomic E-state index is 0.0720. The molecule has 1 aromatic carbocycles. The van der Waals surface area contributed by atoms with Gasteiger partial charge in [0, 0.05) is 30.1 Å². The second-order valence-electron chi connectivity index (χ2n) is 4.30. The summed E-state index contributed by atoms with van der Waals surface area (Å²) in [4.78, 5) is 15.9. The topological polar surface area (TPSA) is 92.9 Å². The summed E-state index contributed by atoms with van der Waals surface area (Å²) in [7, 11) is 0. The first-order valence-electron chi connectivity index (χ1n) is 5.66. The SMILES string of the molecule is N#Cc1cc(F)cc(N2CC(CN=[N+]=[N-])CC2=O)c1. The van der Waals surface area contributed by atoms with Gasteiger partial charge in [0.05, 0.1) is 11.6 Å². The van der Waals surface area contributed by atoms with Crippen LogP contribution in [0.4, 0.5) is 10.1 Å². The number of carbonyl (C=O) groups excluding carboxylic acids is 1. The second-order valence-corrected chi connectivity index (χ2v) is 4.30. The number of halogens is 1. The van der Waals surface area contributed by atoms with E-state index in [0.29, 0.717) is 12.2 Å². The van der Waals surface area contributed by atoms with Gasteiger partial charge in [-0.3, -0.25) is 4.79 Å². The van der Waals surface area contributed by atoms with Crippen molar-refractivity contribution in [2.24, 2.45) is 11.0 Å². The molecule has 0 aliphatic carbocycles. The lowest BCUT2D eigenvalue weighted by Gasteiger charge is -2.16. The van der Waals surface area contributed by atoms with Gasteiger partial charge in [-0.25, -0.2) is 4.39 Å². The average Bonchev–Trinajstić information content (AvgIpc) is 2.76. The molecule has 1 heterocycles.